The number of rotatable bonds is 2. The summed E-state index contributed by atoms with van der Waals surface area (Å²) in [6.45, 7) is 2.85. The fourth-order valence-electron chi connectivity index (χ4n) is 3.75. The molecule has 0 amide bonds. The second kappa shape index (κ2) is 5.59. The van der Waals surface area contributed by atoms with Crippen LogP contribution in [0.5, 0.6) is 0 Å². The summed E-state index contributed by atoms with van der Waals surface area (Å²) < 4.78 is 1.90. The van der Waals surface area contributed by atoms with Gasteiger partial charge in [-0.05, 0) is 30.7 Å². The molecule has 0 spiro atoms. The molecule has 0 bridgehead atoms. The quantitative estimate of drug-likeness (QED) is 0.583. The number of imidazole rings is 1. The number of aryl methyl sites for hydroxylation is 1. The van der Waals surface area contributed by atoms with E-state index in [1.807, 2.05) is 22.8 Å². The summed E-state index contributed by atoms with van der Waals surface area (Å²) in [5.41, 5.74) is 5.13. The van der Waals surface area contributed by atoms with Gasteiger partial charge in [-0.1, -0.05) is 12.1 Å². The normalized spacial score (nSPS) is 16.8. The molecule has 2 N–H and O–H groups in total. The average Bonchev–Trinajstić information content (AvgIpc) is 3.28. The minimum absolute atomic E-state index is 0.111. The first kappa shape index (κ1) is 14.9. The van der Waals surface area contributed by atoms with Crippen molar-refractivity contribution in [3.8, 4) is 0 Å². The summed E-state index contributed by atoms with van der Waals surface area (Å²) in [6.07, 6.45) is 4.53. The number of H-pyrrole nitrogens is 2. The van der Waals surface area contributed by atoms with E-state index in [0.29, 0.717) is 0 Å². The highest BCUT2D eigenvalue weighted by Gasteiger charge is 2.33. The van der Waals surface area contributed by atoms with Crippen LogP contribution >= 0.6 is 0 Å². The van der Waals surface area contributed by atoms with E-state index in [1.54, 1.807) is 12.4 Å². The first-order valence-corrected chi connectivity index (χ1v) is 8.64. The van der Waals surface area contributed by atoms with E-state index in [2.05, 4.69) is 38.9 Å². The molecule has 1 aliphatic rings. The van der Waals surface area contributed by atoms with Crippen LogP contribution in [0.2, 0.25) is 0 Å². The summed E-state index contributed by atoms with van der Waals surface area (Å²) in [7, 11) is 0. The molecule has 7 heteroatoms. The van der Waals surface area contributed by atoms with Gasteiger partial charge in [0.25, 0.3) is 0 Å². The van der Waals surface area contributed by atoms with E-state index in [1.165, 1.54) is 11.6 Å². The van der Waals surface area contributed by atoms with Gasteiger partial charge in [0.2, 0.25) is 5.56 Å². The van der Waals surface area contributed by atoms with Crippen LogP contribution in [0.1, 0.15) is 28.7 Å². The van der Waals surface area contributed by atoms with Crippen molar-refractivity contribution >= 4 is 11.3 Å². The standard InChI is InChI=1S/C19H18N6O/c1-12-4-3-8-25-15(12)10-14(23-25)19-18-13(20-11-21-18)7-9-24(19)16-5-2-6-17(26)22-16/h2-6,8,10-11,19H,7,9H2,1H3,(H,20,21)(H,22,26)/t19-/m1/s1. The Morgan fingerprint density at radius 1 is 1.23 bits per heavy atom. The molecule has 0 aromatic carbocycles. The summed E-state index contributed by atoms with van der Waals surface area (Å²) in [5.74, 6) is 0.782. The van der Waals surface area contributed by atoms with Gasteiger partial charge in [-0.3, -0.25) is 4.79 Å². The Kier molecular flexibility index (Phi) is 3.21. The van der Waals surface area contributed by atoms with Crippen molar-refractivity contribution in [2.75, 3.05) is 11.4 Å². The van der Waals surface area contributed by atoms with Crippen molar-refractivity contribution in [1.82, 2.24) is 24.6 Å². The van der Waals surface area contributed by atoms with Crippen LogP contribution in [-0.2, 0) is 6.42 Å². The fraction of sp³-hybridized carbons (Fsp3) is 0.211. The maximum absolute atomic E-state index is 11.8. The van der Waals surface area contributed by atoms with E-state index in [4.69, 9.17) is 5.10 Å². The SMILES string of the molecule is Cc1cccn2nc([C@@H]3c4nc[nH]c4CCN3c3cccc(=O)[nH]3)cc12. The Morgan fingerprint density at radius 2 is 2.15 bits per heavy atom. The van der Waals surface area contributed by atoms with Gasteiger partial charge in [0.05, 0.1) is 23.2 Å². The maximum atomic E-state index is 11.8. The van der Waals surface area contributed by atoms with E-state index >= 15 is 0 Å². The molecule has 0 fully saturated rings. The van der Waals surface area contributed by atoms with Gasteiger partial charge in [-0.2, -0.15) is 5.10 Å². The van der Waals surface area contributed by atoms with Crippen molar-refractivity contribution in [2.45, 2.75) is 19.4 Å². The Balaban J connectivity index is 1.70. The minimum Gasteiger partial charge on any atom is -0.348 e. The second-order valence-corrected chi connectivity index (χ2v) is 6.60. The Bertz CT molecular complexity index is 1150. The van der Waals surface area contributed by atoms with Crippen LogP contribution in [0.4, 0.5) is 5.82 Å². The van der Waals surface area contributed by atoms with Crippen molar-refractivity contribution in [1.29, 1.82) is 0 Å². The number of aromatic amines is 2. The number of anilines is 1. The molecule has 0 aliphatic carbocycles. The number of hydrogen-bond acceptors (Lipinski definition) is 4. The van der Waals surface area contributed by atoms with Gasteiger partial charge < -0.3 is 14.9 Å². The molecule has 130 valence electrons. The first-order valence-electron chi connectivity index (χ1n) is 8.64. The maximum Gasteiger partial charge on any atom is 0.249 e. The molecule has 1 aliphatic heterocycles. The van der Waals surface area contributed by atoms with Crippen LogP contribution < -0.4 is 10.5 Å². The third kappa shape index (κ3) is 2.24. The summed E-state index contributed by atoms with van der Waals surface area (Å²) in [6, 6.07) is 11.3. The number of aromatic nitrogens is 5. The molecule has 5 rings (SSSR count). The van der Waals surface area contributed by atoms with Gasteiger partial charge in [0.15, 0.2) is 0 Å². The van der Waals surface area contributed by atoms with Crippen LogP contribution in [0.3, 0.4) is 0 Å². The lowest BCUT2D eigenvalue weighted by atomic mass is 9.99. The predicted molar refractivity (Wildman–Crippen MR) is 98.5 cm³/mol. The zero-order chi connectivity index (χ0) is 17.7. The summed E-state index contributed by atoms with van der Waals surface area (Å²) in [4.78, 5) is 24.8. The number of pyridine rings is 2. The van der Waals surface area contributed by atoms with Crippen LogP contribution in [0.15, 0.2) is 53.7 Å². The zero-order valence-electron chi connectivity index (χ0n) is 14.3. The van der Waals surface area contributed by atoms with Gasteiger partial charge in [-0.15, -0.1) is 0 Å². The van der Waals surface area contributed by atoms with E-state index in [9.17, 15) is 4.79 Å². The minimum atomic E-state index is -0.151. The van der Waals surface area contributed by atoms with Crippen molar-refractivity contribution < 1.29 is 0 Å². The molecule has 1 atom stereocenters. The van der Waals surface area contributed by atoms with Gasteiger partial charge >= 0.3 is 0 Å². The largest absolute Gasteiger partial charge is 0.348 e. The molecule has 26 heavy (non-hydrogen) atoms. The monoisotopic (exact) mass is 346 g/mol. The van der Waals surface area contributed by atoms with Crippen molar-refractivity contribution in [3.05, 3.63) is 81.9 Å². The molecule has 0 radical (unpaired) electrons. The van der Waals surface area contributed by atoms with E-state index in [0.717, 1.165) is 41.4 Å². The van der Waals surface area contributed by atoms with Gasteiger partial charge in [0, 0.05) is 30.9 Å². The lowest BCUT2D eigenvalue weighted by molar-refractivity contribution is 0.610. The molecule has 5 heterocycles. The zero-order valence-corrected chi connectivity index (χ0v) is 14.3. The van der Waals surface area contributed by atoms with Crippen molar-refractivity contribution in [2.24, 2.45) is 0 Å². The van der Waals surface area contributed by atoms with Crippen molar-refractivity contribution in [3.63, 3.8) is 0 Å². The summed E-state index contributed by atoms with van der Waals surface area (Å²) >= 11 is 0. The number of fused-ring (bicyclic) bond motifs is 2. The lowest BCUT2D eigenvalue weighted by Crippen LogP contribution is -2.37. The Morgan fingerprint density at radius 3 is 3.00 bits per heavy atom. The lowest BCUT2D eigenvalue weighted by Gasteiger charge is -2.35. The highest BCUT2D eigenvalue weighted by atomic mass is 16.1. The number of nitrogens with zero attached hydrogens (tertiary/aromatic N) is 4. The average molecular weight is 346 g/mol. The van der Waals surface area contributed by atoms with Gasteiger partial charge in [0.1, 0.15) is 11.9 Å². The third-order valence-electron chi connectivity index (χ3n) is 5.00. The number of nitrogens with one attached hydrogen (secondary N) is 2. The van der Waals surface area contributed by atoms with E-state index < -0.39 is 0 Å². The smallest absolute Gasteiger partial charge is 0.249 e. The predicted octanol–water partition coefficient (Wildman–Crippen LogP) is 2.21. The molecule has 4 aromatic heterocycles. The Hall–Kier alpha value is -3.35. The summed E-state index contributed by atoms with van der Waals surface area (Å²) in [5, 5.41) is 4.80. The first-order chi connectivity index (χ1) is 12.7. The van der Waals surface area contributed by atoms with Crippen LogP contribution in [-0.4, -0.2) is 31.1 Å². The highest BCUT2D eigenvalue weighted by molar-refractivity contribution is 5.57. The molecule has 7 nitrogen and oxygen atoms in total. The second-order valence-electron chi connectivity index (χ2n) is 6.60. The topological polar surface area (TPSA) is 82.1 Å². The number of hydrogen-bond donors (Lipinski definition) is 2. The Labute approximate surface area is 149 Å². The van der Waals surface area contributed by atoms with Crippen LogP contribution in [0.25, 0.3) is 5.52 Å². The molecule has 4 aromatic rings. The molecular formula is C19H18N6O. The fourth-order valence-corrected chi connectivity index (χ4v) is 3.75. The molecule has 0 saturated carbocycles. The van der Waals surface area contributed by atoms with Crippen LogP contribution in [0, 0.1) is 6.92 Å². The molecular weight excluding hydrogens is 328 g/mol. The highest BCUT2D eigenvalue weighted by Crippen LogP contribution is 2.35. The van der Waals surface area contributed by atoms with E-state index in [-0.39, 0.29) is 11.6 Å². The molecule has 0 saturated heterocycles. The molecule has 0 unspecified atom stereocenters. The van der Waals surface area contributed by atoms with Gasteiger partial charge in [-0.25, -0.2) is 9.50 Å². The third-order valence-corrected chi connectivity index (χ3v) is 5.00.